The summed E-state index contributed by atoms with van der Waals surface area (Å²) in [5.74, 6) is 0.582. The normalized spacial score (nSPS) is 15.0. The van der Waals surface area contributed by atoms with Gasteiger partial charge in [-0.2, -0.15) is 0 Å². The molecule has 0 unspecified atom stereocenters. The SMILES string of the molecule is CCCOc1ccc(C(=O)N2CCC(CC(=O)O)CC2)cc1OCC. The number of carbonyl (C=O) groups is 2. The number of amides is 1. The maximum atomic E-state index is 12.7. The molecule has 1 aromatic rings. The van der Waals surface area contributed by atoms with Crippen molar-refractivity contribution in [3.8, 4) is 11.5 Å². The lowest BCUT2D eigenvalue weighted by Crippen LogP contribution is -2.38. The highest BCUT2D eigenvalue weighted by Crippen LogP contribution is 2.30. The summed E-state index contributed by atoms with van der Waals surface area (Å²) in [6, 6.07) is 5.28. The fraction of sp³-hybridized carbons (Fsp3) is 0.579. The summed E-state index contributed by atoms with van der Waals surface area (Å²) in [6.45, 7) is 6.21. The quantitative estimate of drug-likeness (QED) is 0.780. The third-order valence-corrected chi connectivity index (χ3v) is 4.32. The van der Waals surface area contributed by atoms with Gasteiger partial charge in [-0.05, 0) is 50.3 Å². The molecule has 1 amide bonds. The fourth-order valence-electron chi connectivity index (χ4n) is 3.01. The molecule has 1 fully saturated rings. The van der Waals surface area contributed by atoms with Gasteiger partial charge in [-0.1, -0.05) is 6.92 Å². The molecule has 25 heavy (non-hydrogen) atoms. The lowest BCUT2D eigenvalue weighted by Gasteiger charge is -2.31. The van der Waals surface area contributed by atoms with Crippen LogP contribution in [0.4, 0.5) is 0 Å². The standard InChI is InChI=1S/C19H27NO5/c1-3-11-25-16-6-5-15(13-17(16)24-4-2)19(23)20-9-7-14(8-10-20)12-18(21)22/h5-6,13-14H,3-4,7-12H2,1-2H3,(H,21,22). The van der Waals surface area contributed by atoms with Crippen LogP contribution >= 0.6 is 0 Å². The van der Waals surface area contributed by atoms with Crippen molar-refractivity contribution < 1.29 is 24.2 Å². The van der Waals surface area contributed by atoms with Gasteiger partial charge in [-0.15, -0.1) is 0 Å². The Morgan fingerprint density at radius 1 is 1.16 bits per heavy atom. The Bertz CT molecular complexity index is 593. The summed E-state index contributed by atoms with van der Waals surface area (Å²) in [7, 11) is 0. The first-order valence-corrected chi connectivity index (χ1v) is 8.95. The number of carbonyl (C=O) groups excluding carboxylic acids is 1. The molecule has 2 rings (SSSR count). The molecule has 1 heterocycles. The van der Waals surface area contributed by atoms with E-state index in [1.807, 2.05) is 13.8 Å². The van der Waals surface area contributed by atoms with E-state index in [1.54, 1.807) is 23.1 Å². The Kier molecular flexibility index (Phi) is 7.10. The van der Waals surface area contributed by atoms with Crippen molar-refractivity contribution in [3.63, 3.8) is 0 Å². The van der Waals surface area contributed by atoms with Crippen LogP contribution in [0.1, 0.15) is 49.9 Å². The lowest BCUT2D eigenvalue weighted by atomic mass is 9.93. The van der Waals surface area contributed by atoms with Gasteiger partial charge in [-0.3, -0.25) is 9.59 Å². The molecule has 1 aromatic carbocycles. The molecule has 0 aromatic heterocycles. The molecule has 6 nitrogen and oxygen atoms in total. The van der Waals surface area contributed by atoms with Gasteiger partial charge in [0.05, 0.1) is 13.2 Å². The van der Waals surface area contributed by atoms with Crippen LogP contribution in [0, 0.1) is 5.92 Å². The van der Waals surface area contributed by atoms with Gasteiger partial charge in [0.1, 0.15) is 0 Å². The van der Waals surface area contributed by atoms with Crippen molar-refractivity contribution in [2.45, 2.75) is 39.5 Å². The second-order valence-corrected chi connectivity index (χ2v) is 6.28. The number of rotatable bonds is 8. The van der Waals surface area contributed by atoms with Gasteiger partial charge in [-0.25, -0.2) is 0 Å². The Morgan fingerprint density at radius 2 is 1.88 bits per heavy atom. The molecule has 0 spiro atoms. The number of piperidine rings is 1. The van der Waals surface area contributed by atoms with E-state index in [9.17, 15) is 9.59 Å². The van der Waals surface area contributed by atoms with Crippen molar-refractivity contribution in [1.29, 1.82) is 0 Å². The molecular weight excluding hydrogens is 322 g/mol. The second kappa shape index (κ2) is 9.30. The van der Waals surface area contributed by atoms with Crippen molar-refractivity contribution in [1.82, 2.24) is 4.90 Å². The van der Waals surface area contributed by atoms with Gasteiger partial charge >= 0.3 is 5.97 Å². The first-order chi connectivity index (χ1) is 12.0. The van der Waals surface area contributed by atoms with E-state index in [4.69, 9.17) is 14.6 Å². The number of aliphatic carboxylic acids is 1. The Hall–Kier alpha value is -2.24. The van der Waals surface area contributed by atoms with Gasteiger partial charge in [0.2, 0.25) is 0 Å². The third-order valence-electron chi connectivity index (χ3n) is 4.32. The monoisotopic (exact) mass is 349 g/mol. The Balaban J connectivity index is 2.04. The second-order valence-electron chi connectivity index (χ2n) is 6.28. The molecular formula is C19H27NO5. The molecule has 138 valence electrons. The zero-order valence-corrected chi connectivity index (χ0v) is 15.0. The minimum absolute atomic E-state index is 0.0447. The predicted octanol–water partition coefficient (Wildman–Crippen LogP) is 3.20. The number of hydrogen-bond donors (Lipinski definition) is 1. The number of nitrogens with zero attached hydrogens (tertiary/aromatic N) is 1. The predicted molar refractivity (Wildman–Crippen MR) is 94.3 cm³/mol. The van der Waals surface area contributed by atoms with Crippen LogP contribution < -0.4 is 9.47 Å². The smallest absolute Gasteiger partial charge is 0.303 e. The zero-order chi connectivity index (χ0) is 18.2. The van der Waals surface area contributed by atoms with Crippen LogP contribution in [0.25, 0.3) is 0 Å². The van der Waals surface area contributed by atoms with Crippen LogP contribution in [0.2, 0.25) is 0 Å². The highest BCUT2D eigenvalue weighted by Gasteiger charge is 2.25. The Morgan fingerprint density at radius 3 is 2.48 bits per heavy atom. The highest BCUT2D eigenvalue weighted by atomic mass is 16.5. The van der Waals surface area contributed by atoms with Gasteiger partial charge < -0.3 is 19.5 Å². The van der Waals surface area contributed by atoms with E-state index in [-0.39, 0.29) is 18.2 Å². The summed E-state index contributed by atoms with van der Waals surface area (Å²) in [5.41, 5.74) is 0.573. The third kappa shape index (κ3) is 5.37. The van der Waals surface area contributed by atoms with Gasteiger partial charge in [0, 0.05) is 25.1 Å². The molecule has 1 aliphatic heterocycles. The number of likely N-dealkylation sites (tertiary alicyclic amines) is 1. The maximum absolute atomic E-state index is 12.7. The molecule has 0 aliphatic carbocycles. The largest absolute Gasteiger partial charge is 0.490 e. The van der Waals surface area contributed by atoms with Crippen molar-refractivity contribution in [3.05, 3.63) is 23.8 Å². The fourth-order valence-corrected chi connectivity index (χ4v) is 3.01. The number of ether oxygens (including phenoxy) is 2. The molecule has 0 saturated carbocycles. The van der Waals surface area contributed by atoms with E-state index in [0.717, 1.165) is 19.3 Å². The van der Waals surface area contributed by atoms with Crippen LogP contribution in [-0.2, 0) is 4.79 Å². The summed E-state index contributed by atoms with van der Waals surface area (Å²) in [6.07, 6.45) is 2.54. The summed E-state index contributed by atoms with van der Waals surface area (Å²) >= 11 is 0. The highest BCUT2D eigenvalue weighted by molar-refractivity contribution is 5.95. The van der Waals surface area contributed by atoms with Crippen LogP contribution in [0.3, 0.4) is 0 Å². The number of hydrogen-bond acceptors (Lipinski definition) is 4. The summed E-state index contributed by atoms with van der Waals surface area (Å²) < 4.78 is 11.3. The van der Waals surface area contributed by atoms with Crippen molar-refractivity contribution in [2.75, 3.05) is 26.3 Å². The summed E-state index contributed by atoms with van der Waals surface area (Å²) in [4.78, 5) is 25.3. The number of benzene rings is 1. The molecule has 1 aliphatic rings. The van der Waals surface area contributed by atoms with Crippen LogP contribution in [-0.4, -0.2) is 48.2 Å². The maximum Gasteiger partial charge on any atom is 0.303 e. The molecule has 0 bridgehead atoms. The van der Waals surface area contributed by atoms with E-state index in [2.05, 4.69) is 0 Å². The number of carboxylic acid groups (broad SMARTS) is 1. The first kappa shape index (κ1) is 19.1. The van der Waals surface area contributed by atoms with Gasteiger partial charge in [0.15, 0.2) is 11.5 Å². The Labute approximate surface area is 148 Å². The lowest BCUT2D eigenvalue weighted by molar-refractivity contribution is -0.138. The molecule has 1 saturated heterocycles. The van der Waals surface area contributed by atoms with E-state index >= 15 is 0 Å². The minimum atomic E-state index is -0.770. The number of carboxylic acids is 1. The molecule has 0 atom stereocenters. The average molecular weight is 349 g/mol. The van der Waals surface area contributed by atoms with Crippen molar-refractivity contribution >= 4 is 11.9 Å². The van der Waals surface area contributed by atoms with E-state index in [0.29, 0.717) is 43.4 Å². The molecule has 1 N–H and O–H groups in total. The van der Waals surface area contributed by atoms with Crippen LogP contribution in [0.5, 0.6) is 11.5 Å². The minimum Gasteiger partial charge on any atom is -0.490 e. The topological polar surface area (TPSA) is 76.1 Å². The molecule has 0 radical (unpaired) electrons. The van der Waals surface area contributed by atoms with Crippen molar-refractivity contribution in [2.24, 2.45) is 5.92 Å². The zero-order valence-electron chi connectivity index (χ0n) is 15.0. The van der Waals surface area contributed by atoms with E-state index in [1.165, 1.54) is 0 Å². The van der Waals surface area contributed by atoms with E-state index < -0.39 is 5.97 Å². The van der Waals surface area contributed by atoms with Gasteiger partial charge in [0.25, 0.3) is 5.91 Å². The summed E-state index contributed by atoms with van der Waals surface area (Å²) in [5, 5.41) is 8.88. The average Bonchev–Trinajstić information content (AvgIpc) is 2.60. The molecule has 6 heteroatoms. The first-order valence-electron chi connectivity index (χ1n) is 8.95. The van der Waals surface area contributed by atoms with Crippen LogP contribution in [0.15, 0.2) is 18.2 Å².